The Balaban J connectivity index is 2.02. The van der Waals surface area contributed by atoms with Crippen molar-refractivity contribution in [3.63, 3.8) is 0 Å². The van der Waals surface area contributed by atoms with Crippen molar-refractivity contribution in [1.82, 2.24) is 4.57 Å². The molecule has 0 unspecified atom stereocenters. The molecule has 0 aliphatic carbocycles. The molecule has 0 fully saturated rings. The molecular weight excluding hydrogens is 363 g/mol. The minimum Gasteiger partial charge on any atom is -0.475 e. The summed E-state index contributed by atoms with van der Waals surface area (Å²) < 4.78 is 42.4. The Hall–Kier alpha value is -3.29. The Morgan fingerprint density at radius 2 is 1.70 bits per heavy atom. The van der Waals surface area contributed by atoms with Gasteiger partial charge in [-0.25, -0.2) is 4.79 Å². The number of carboxylic acid groups (broad SMARTS) is 1. The van der Waals surface area contributed by atoms with Gasteiger partial charge in [-0.1, -0.05) is 24.3 Å². The number of carbonyl (C=O) groups excluding carboxylic acids is 1. The number of carboxylic acids is 1. The lowest BCUT2D eigenvalue weighted by Crippen LogP contribution is -2.16. The fourth-order valence-electron chi connectivity index (χ4n) is 2.88. The van der Waals surface area contributed by atoms with E-state index in [1.165, 1.54) is 30.5 Å². The Kier molecular flexibility index (Phi) is 4.65. The molecule has 0 spiro atoms. The maximum atomic E-state index is 12.3. The lowest BCUT2D eigenvalue weighted by Gasteiger charge is -2.10. The van der Waals surface area contributed by atoms with Crippen LogP contribution < -0.4 is 4.74 Å². The second-order valence-corrected chi connectivity index (χ2v) is 5.77. The van der Waals surface area contributed by atoms with Gasteiger partial charge in [-0.3, -0.25) is 4.79 Å². The van der Waals surface area contributed by atoms with Gasteiger partial charge in [0.2, 0.25) is 0 Å². The average molecular weight is 377 g/mol. The number of aliphatic carboxylic acids is 1. The predicted octanol–water partition coefficient (Wildman–Crippen LogP) is 4.49. The van der Waals surface area contributed by atoms with Crippen LogP contribution in [-0.4, -0.2) is 27.8 Å². The molecule has 1 N–H and O–H groups in total. The molecule has 3 aromatic rings. The van der Waals surface area contributed by atoms with E-state index in [-0.39, 0.29) is 11.3 Å². The topological polar surface area (TPSA) is 68.5 Å². The third-order valence-corrected chi connectivity index (χ3v) is 4.08. The van der Waals surface area contributed by atoms with Gasteiger partial charge in [0.15, 0.2) is 0 Å². The summed E-state index contributed by atoms with van der Waals surface area (Å²) in [5, 5.41) is 9.47. The number of halogens is 3. The van der Waals surface area contributed by atoms with Gasteiger partial charge >= 0.3 is 12.3 Å². The van der Waals surface area contributed by atoms with E-state index in [4.69, 9.17) is 5.11 Å². The Bertz CT molecular complexity index is 1020. The molecule has 0 amide bonds. The molecule has 5 nitrogen and oxygen atoms in total. The van der Waals surface area contributed by atoms with E-state index in [9.17, 15) is 22.8 Å². The van der Waals surface area contributed by atoms with Crippen LogP contribution in [0, 0.1) is 0 Å². The van der Waals surface area contributed by atoms with Crippen LogP contribution >= 0.6 is 0 Å². The van der Waals surface area contributed by atoms with Gasteiger partial charge in [0, 0.05) is 23.6 Å². The first-order chi connectivity index (χ1) is 12.7. The molecule has 2 aromatic carbocycles. The van der Waals surface area contributed by atoms with Gasteiger partial charge in [-0.2, -0.15) is 0 Å². The summed E-state index contributed by atoms with van der Waals surface area (Å²) in [4.78, 5) is 22.9. The van der Waals surface area contributed by atoms with Gasteiger partial charge in [0.25, 0.3) is 5.78 Å². The molecule has 1 aromatic heterocycles. The SMILES string of the molecule is CCn1cc(C(=O)C(=O)O)c2ccc(-c3ccc(OC(F)(F)F)cc3)cc21. The van der Waals surface area contributed by atoms with Crippen molar-refractivity contribution < 1.29 is 32.6 Å². The molecule has 3 rings (SSSR count). The van der Waals surface area contributed by atoms with E-state index in [0.717, 1.165) is 0 Å². The lowest BCUT2D eigenvalue weighted by atomic mass is 10.0. The Morgan fingerprint density at radius 1 is 1.07 bits per heavy atom. The van der Waals surface area contributed by atoms with Crippen LogP contribution in [0.5, 0.6) is 5.75 Å². The second-order valence-electron chi connectivity index (χ2n) is 5.77. The largest absolute Gasteiger partial charge is 0.573 e. The maximum absolute atomic E-state index is 12.3. The molecule has 0 aliphatic heterocycles. The zero-order valence-electron chi connectivity index (χ0n) is 14.1. The molecular formula is C19H14F3NO4. The average Bonchev–Trinajstić information content (AvgIpc) is 2.98. The first-order valence-corrected chi connectivity index (χ1v) is 7.96. The van der Waals surface area contributed by atoms with Crippen LogP contribution in [-0.2, 0) is 11.3 Å². The number of ketones is 1. The molecule has 0 saturated carbocycles. The number of alkyl halides is 3. The van der Waals surface area contributed by atoms with E-state index >= 15 is 0 Å². The van der Waals surface area contributed by atoms with E-state index in [1.54, 1.807) is 22.8 Å². The highest BCUT2D eigenvalue weighted by Gasteiger charge is 2.31. The van der Waals surface area contributed by atoms with Crippen molar-refractivity contribution in [2.45, 2.75) is 19.8 Å². The number of ether oxygens (including phenoxy) is 1. The van der Waals surface area contributed by atoms with Gasteiger partial charge in [-0.15, -0.1) is 13.2 Å². The van der Waals surface area contributed by atoms with Crippen LogP contribution in [0.2, 0.25) is 0 Å². The van der Waals surface area contributed by atoms with Crippen molar-refractivity contribution in [2.75, 3.05) is 0 Å². The molecule has 0 radical (unpaired) electrons. The fourth-order valence-corrected chi connectivity index (χ4v) is 2.88. The summed E-state index contributed by atoms with van der Waals surface area (Å²) >= 11 is 0. The third-order valence-electron chi connectivity index (χ3n) is 4.08. The van der Waals surface area contributed by atoms with Crippen molar-refractivity contribution in [1.29, 1.82) is 0 Å². The smallest absolute Gasteiger partial charge is 0.475 e. The minimum atomic E-state index is -4.75. The van der Waals surface area contributed by atoms with Crippen LogP contribution in [0.4, 0.5) is 13.2 Å². The van der Waals surface area contributed by atoms with Gasteiger partial charge in [0.1, 0.15) is 5.75 Å². The Labute approximate surface area is 151 Å². The van der Waals surface area contributed by atoms with E-state index in [1.807, 2.05) is 6.92 Å². The summed E-state index contributed by atoms with van der Waals surface area (Å²) in [7, 11) is 0. The highest BCUT2D eigenvalue weighted by Crippen LogP contribution is 2.30. The number of benzene rings is 2. The molecule has 8 heteroatoms. The van der Waals surface area contributed by atoms with E-state index in [0.29, 0.717) is 28.6 Å². The number of hydrogen-bond donors (Lipinski definition) is 1. The molecule has 0 atom stereocenters. The summed E-state index contributed by atoms with van der Waals surface area (Å²) in [5.41, 5.74) is 2.12. The molecule has 0 bridgehead atoms. The van der Waals surface area contributed by atoms with E-state index < -0.39 is 18.1 Å². The minimum absolute atomic E-state index is 0.0971. The first kappa shape index (κ1) is 18.5. The maximum Gasteiger partial charge on any atom is 0.573 e. The van der Waals surface area contributed by atoms with Crippen molar-refractivity contribution in [2.24, 2.45) is 0 Å². The van der Waals surface area contributed by atoms with Gasteiger partial charge in [0.05, 0.1) is 5.56 Å². The monoisotopic (exact) mass is 377 g/mol. The predicted molar refractivity (Wildman–Crippen MR) is 91.7 cm³/mol. The number of carbonyl (C=O) groups is 2. The number of hydrogen-bond acceptors (Lipinski definition) is 3. The van der Waals surface area contributed by atoms with Crippen molar-refractivity contribution in [3.05, 3.63) is 54.2 Å². The standard InChI is InChI=1S/C19H14F3NO4/c1-2-23-10-15(17(24)18(25)26)14-8-5-12(9-16(14)23)11-3-6-13(7-4-11)27-19(20,21)22/h3-10H,2H2,1H3,(H,25,26). The number of aromatic nitrogens is 1. The normalized spacial score (nSPS) is 11.6. The number of Topliss-reactive ketones (excluding diaryl/α,β-unsaturated/α-hetero) is 1. The Morgan fingerprint density at radius 3 is 2.26 bits per heavy atom. The van der Waals surface area contributed by atoms with Crippen LogP contribution in [0.3, 0.4) is 0 Å². The van der Waals surface area contributed by atoms with Gasteiger partial charge < -0.3 is 14.4 Å². The summed E-state index contributed by atoms with van der Waals surface area (Å²) in [6.45, 7) is 2.37. The summed E-state index contributed by atoms with van der Waals surface area (Å²) in [5.74, 6) is -2.85. The zero-order valence-corrected chi connectivity index (χ0v) is 14.1. The number of rotatable bonds is 5. The highest BCUT2D eigenvalue weighted by atomic mass is 19.4. The van der Waals surface area contributed by atoms with Crippen LogP contribution in [0.1, 0.15) is 17.3 Å². The van der Waals surface area contributed by atoms with Crippen molar-refractivity contribution >= 4 is 22.7 Å². The summed E-state index contributed by atoms with van der Waals surface area (Å²) in [6.07, 6.45) is -3.26. The zero-order chi connectivity index (χ0) is 19.8. The van der Waals surface area contributed by atoms with Crippen molar-refractivity contribution in [3.8, 4) is 16.9 Å². The second kappa shape index (κ2) is 6.79. The molecule has 140 valence electrons. The lowest BCUT2D eigenvalue weighted by molar-refractivity contribution is -0.274. The fraction of sp³-hybridized carbons (Fsp3) is 0.158. The third kappa shape index (κ3) is 3.79. The molecule has 27 heavy (non-hydrogen) atoms. The molecule has 0 aliphatic rings. The number of nitrogens with zero attached hydrogens (tertiary/aromatic N) is 1. The van der Waals surface area contributed by atoms with Gasteiger partial charge in [-0.05, 0) is 36.2 Å². The number of aryl methyl sites for hydroxylation is 1. The number of fused-ring (bicyclic) bond motifs is 1. The summed E-state index contributed by atoms with van der Waals surface area (Å²) in [6, 6.07) is 10.5. The first-order valence-electron chi connectivity index (χ1n) is 7.96. The molecule has 0 saturated heterocycles. The van der Waals surface area contributed by atoms with Crippen LogP contribution in [0.15, 0.2) is 48.7 Å². The molecule has 1 heterocycles. The van der Waals surface area contributed by atoms with Crippen LogP contribution in [0.25, 0.3) is 22.0 Å². The van der Waals surface area contributed by atoms with E-state index in [2.05, 4.69) is 4.74 Å². The highest BCUT2D eigenvalue weighted by molar-refractivity contribution is 6.42. The quantitative estimate of drug-likeness (QED) is 0.525.